The van der Waals surface area contributed by atoms with E-state index in [4.69, 9.17) is 0 Å². The average Bonchev–Trinajstić information content (AvgIpc) is 3.71. The van der Waals surface area contributed by atoms with Gasteiger partial charge in [0.1, 0.15) is 18.2 Å². The molecule has 3 aromatic rings. The Labute approximate surface area is 254 Å². The molecule has 0 saturated carbocycles. The van der Waals surface area contributed by atoms with Crippen LogP contribution in [0.4, 0.5) is 24.8 Å². The van der Waals surface area contributed by atoms with Crippen molar-refractivity contribution in [1.29, 1.82) is 5.26 Å². The Balaban J connectivity index is 1.29. The Kier molecular flexibility index (Phi) is 8.74. The summed E-state index contributed by atoms with van der Waals surface area (Å²) in [7, 11) is 1.77. The Morgan fingerprint density at radius 3 is 2.70 bits per heavy atom. The van der Waals surface area contributed by atoms with Crippen LogP contribution in [0.25, 0.3) is 10.9 Å². The van der Waals surface area contributed by atoms with Gasteiger partial charge in [-0.2, -0.15) is 18.4 Å². The standard InChI is InChI=1S/C31H37F3N8O2/c1-5-27(43)37-19(2)8-11-42-23(14-35)12-24-20(3)21(6-7-25(24)42)15-40-10-9-22-16-41(17-26(22)40)30-29(36-18-39(30)4)38-28(44)13-31(32,33)34/h6-7,12,18,22,26H,2,5,8-11,13,15-17H2,1,3-4H3,(H,37,43)(H,38,44). The predicted octanol–water partition coefficient (Wildman–Crippen LogP) is 4.59. The molecule has 5 rings (SSSR count). The Hall–Kier alpha value is -4.31. The Morgan fingerprint density at radius 2 is 2.00 bits per heavy atom. The van der Waals surface area contributed by atoms with E-state index in [2.05, 4.69) is 51.1 Å². The van der Waals surface area contributed by atoms with E-state index in [9.17, 15) is 28.0 Å². The summed E-state index contributed by atoms with van der Waals surface area (Å²) in [6, 6.07) is 8.62. The molecule has 0 bridgehead atoms. The third kappa shape index (κ3) is 6.45. The van der Waals surface area contributed by atoms with E-state index in [-0.39, 0.29) is 17.8 Å². The molecule has 2 saturated heterocycles. The molecule has 0 aliphatic carbocycles. The van der Waals surface area contributed by atoms with Gasteiger partial charge in [-0.3, -0.25) is 14.5 Å². The van der Waals surface area contributed by atoms with Crippen LogP contribution in [0.1, 0.15) is 49.4 Å². The second kappa shape index (κ2) is 12.4. The topological polar surface area (TPSA) is 111 Å². The third-order valence-electron chi connectivity index (χ3n) is 8.72. The molecule has 2 unspecified atom stereocenters. The quantitative estimate of drug-likeness (QED) is 0.348. The van der Waals surface area contributed by atoms with Gasteiger partial charge in [0.05, 0.1) is 6.33 Å². The maximum atomic E-state index is 12.7. The number of nitrogens with one attached hydrogen (secondary N) is 2. The second-order valence-electron chi connectivity index (χ2n) is 11.7. The summed E-state index contributed by atoms with van der Waals surface area (Å²) in [4.78, 5) is 32.4. The number of aromatic nitrogens is 3. The van der Waals surface area contributed by atoms with Gasteiger partial charge in [-0.25, -0.2) is 4.98 Å². The summed E-state index contributed by atoms with van der Waals surface area (Å²) in [6.45, 7) is 11.4. The van der Waals surface area contributed by atoms with Gasteiger partial charge in [-0.05, 0) is 49.1 Å². The van der Waals surface area contributed by atoms with Crippen LogP contribution in [0, 0.1) is 24.2 Å². The molecule has 0 spiro atoms. The van der Waals surface area contributed by atoms with Crippen molar-refractivity contribution in [3.05, 3.63) is 53.6 Å². The molecule has 1 aromatic carbocycles. The number of nitriles is 1. The zero-order valence-electron chi connectivity index (χ0n) is 25.2. The number of benzene rings is 1. The molecule has 2 N–H and O–H groups in total. The monoisotopic (exact) mass is 610 g/mol. The number of fused-ring (bicyclic) bond motifs is 2. The lowest BCUT2D eigenvalue weighted by molar-refractivity contribution is -0.150. The van der Waals surface area contributed by atoms with Crippen molar-refractivity contribution in [2.75, 3.05) is 29.9 Å². The van der Waals surface area contributed by atoms with Gasteiger partial charge >= 0.3 is 6.18 Å². The number of hydrogen-bond acceptors (Lipinski definition) is 6. The lowest BCUT2D eigenvalue weighted by Crippen LogP contribution is -2.35. The van der Waals surface area contributed by atoms with E-state index in [1.807, 2.05) is 16.7 Å². The number of aryl methyl sites for hydroxylation is 3. The number of amides is 2. The third-order valence-corrected chi connectivity index (χ3v) is 8.72. The van der Waals surface area contributed by atoms with Gasteiger partial charge in [0.15, 0.2) is 11.6 Å². The van der Waals surface area contributed by atoms with Crippen LogP contribution in [0.2, 0.25) is 0 Å². The summed E-state index contributed by atoms with van der Waals surface area (Å²) in [5.41, 5.74) is 4.40. The fraction of sp³-hybridized carbons (Fsp3) is 0.484. The molecule has 234 valence electrons. The molecule has 2 fully saturated rings. The molecule has 2 aliphatic heterocycles. The molecular weight excluding hydrogens is 573 g/mol. The number of hydrogen-bond donors (Lipinski definition) is 2. The van der Waals surface area contributed by atoms with Gasteiger partial charge in [-0.1, -0.05) is 19.6 Å². The first kappa shape index (κ1) is 31.1. The van der Waals surface area contributed by atoms with Gasteiger partial charge in [0.2, 0.25) is 11.8 Å². The maximum Gasteiger partial charge on any atom is 0.397 e. The number of carbonyl (C=O) groups is 2. The highest BCUT2D eigenvalue weighted by molar-refractivity contribution is 5.93. The summed E-state index contributed by atoms with van der Waals surface area (Å²) in [6.07, 6.45) is -2.76. The lowest BCUT2D eigenvalue weighted by Gasteiger charge is -2.26. The highest BCUT2D eigenvalue weighted by Gasteiger charge is 2.43. The molecule has 2 atom stereocenters. The highest BCUT2D eigenvalue weighted by atomic mass is 19.4. The zero-order valence-corrected chi connectivity index (χ0v) is 25.2. The highest BCUT2D eigenvalue weighted by Crippen LogP contribution is 2.38. The Morgan fingerprint density at radius 1 is 1.23 bits per heavy atom. The van der Waals surface area contributed by atoms with Crippen molar-refractivity contribution >= 4 is 34.4 Å². The first-order valence-corrected chi connectivity index (χ1v) is 14.7. The number of allylic oxidation sites excluding steroid dienone is 1. The minimum atomic E-state index is -4.59. The summed E-state index contributed by atoms with van der Waals surface area (Å²) in [5, 5.41) is 16.0. The van der Waals surface area contributed by atoms with Crippen LogP contribution in [0.3, 0.4) is 0 Å². The number of halogens is 3. The fourth-order valence-corrected chi connectivity index (χ4v) is 6.50. The average molecular weight is 611 g/mol. The van der Waals surface area contributed by atoms with Crippen molar-refractivity contribution < 1.29 is 22.8 Å². The van der Waals surface area contributed by atoms with E-state index in [1.54, 1.807) is 18.5 Å². The maximum absolute atomic E-state index is 12.7. The van der Waals surface area contributed by atoms with Crippen molar-refractivity contribution in [2.45, 2.75) is 64.8 Å². The largest absolute Gasteiger partial charge is 0.397 e. The first-order valence-electron chi connectivity index (χ1n) is 14.7. The zero-order chi connectivity index (χ0) is 31.8. The second-order valence-corrected chi connectivity index (χ2v) is 11.7. The van der Waals surface area contributed by atoms with Crippen molar-refractivity contribution in [3.8, 4) is 6.07 Å². The van der Waals surface area contributed by atoms with Gasteiger partial charge < -0.3 is 24.7 Å². The van der Waals surface area contributed by atoms with E-state index in [0.29, 0.717) is 49.1 Å². The molecule has 13 heteroatoms. The summed E-state index contributed by atoms with van der Waals surface area (Å²) < 4.78 is 41.9. The number of alkyl halides is 3. The number of nitrogens with zero attached hydrogens (tertiary/aromatic N) is 6. The smallest absolute Gasteiger partial charge is 0.353 e. The van der Waals surface area contributed by atoms with Crippen LogP contribution in [0.15, 0.2) is 36.8 Å². The molecule has 2 aliphatic rings. The van der Waals surface area contributed by atoms with Crippen LogP contribution >= 0.6 is 0 Å². The van der Waals surface area contributed by atoms with Gasteiger partial charge in [0, 0.05) is 68.7 Å². The molecule has 2 aromatic heterocycles. The van der Waals surface area contributed by atoms with Crippen LogP contribution < -0.4 is 15.5 Å². The van der Waals surface area contributed by atoms with E-state index >= 15 is 0 Å². The van der Waals surface area contributed by atoms with Gasteiger partial charge in [-0.15, -0.1) is 0 Å². The number of carbonyl (C=O) groups excluding carboxylic acids is 2. The SMILES string of the molecule is C=C(CCn1c(C#N)cc2c(C)c(CN3CCC4CN(c5c(NC(=O)CC(F)(F)F)ncn5C)CC43)ccc21)NC(=O)CC. The number of imidazole rings is 1. The molecule has 0 radical (unpaired) electrons. The molecular formula is C31H37F3N8O2. The van der Waals surface area contributed by atoms with Gasteiger partial charge in [0.25, 0.3) is 0 Å². The number of likely N-dealkylation sites (tertiary alicyclic amines) is 1. The molecule has 4 heterocycles. The lowest BCUT2D eigenvalue weighted by atomic mass is 10.0. The van der Waals surface area contributed by atoms with Crippen molar-refractivity contribution in [3.63, 3.8) is 0 Å². The van der Waals surface area contributed by atoms with Crippen LogP contribution in [-0.4, -0.2) is 62.7 Å². The Bertz CT molecular complexity index is 1630. The predicted molar refractivity (Wildman–Crippen MR) is 161 cm³/mol. The molecule has 10 nitrogen and oxygen atoms in total. The molecule has 2 amide bonds. The van der Waals surface area contributed by atoms with Crippen LogP contribution in [0.5, 0.6) is 0 Å². The minimum absolute atomic E-state index is 0.0867. The summed E-state index contributed by atoms with van der Waals surface area (Å²) >= 11 is 0. The summed E-state index contributed by atoms with van der Waals surface area (Å²) in [5.74, 6) is -0.0963. The van der Waals surface area contributed by atoms with Crippen molar-refractivity contribution in [2.24, 2.45) is 13.0 Å². The normalized spacial score (nSPS) is 18.4. The van der Waals surface area contributed by atoms with E-state index in [0.717, 1.165) is 42.5 Å². The fourth-order valence-electron chi connectivity index (χ4n) is 6.50. The van der Waals surface area contributed by atoms with E-state index < -0.39 is 18.5 Å². The van der Waals surface area contributed by atoms with Crippen LogP contribution in [-0.2, 0) is 29.7 Å². The number of rotatable bonds is 10. The molecule has 44 heavy (non-hydrogen) atoms. The van der Waals surface area contributed by atoms with E-state index in [1.165, 1.54) is 11.9 Å². The van der Waals surface area contributed by atoms with Crippen molar-refractivity contribution in [1.82, 2.24) is 24.3 Å². The minimum Gasteiger partial charge on any atom is -0.353 e. The number of anilines is 2. The first-order chi connectivity index (χ1) is 20.9.